The van der Waals surface area contributed by atoms with Gasteiger partial charge in [0.1, 0.15) is 12.6 Å². The number of quaternary nitrogens is 1. The molecule has 0 N–H and O–H groups in total. The van der Waals surface area contributed by atoms with Crippen molar-refractivity contribution in [1.82, 2.24) is 0 Å². The van der Waals surface area contributed by atoms with Crippen LogP contribution in [-0.4, -0.2) is 44.2 Å². The van der Waals surface area contributed by atoms with Crippen LogP contribution in [0.15, 0.2) is 0 Å². The minimum Gasteiger partial charge on any atom is -1.00 e. The van der Waals surface area contributed by atoms with Crippen molar-refractivity contribution in [2.45, 2.75) is 19.9 Å². The predicted molar refractivity (Wildman–Crippen MR) is 44.1 cm³/mol. The third-order valence-corrected chi connectivity index (χ3v) is 1.85. The third-order valence-electron chi connectivity index (χ3n) is 1.85. The molecule has 0 bridgehead atoms. The largest absolute Gasteiger partial charge is 1.00 e. The molecule has 0 heterocycles. The summed E-state index contributed by atoms with van der Waals surface area (Å²) in [5, 5.41) is 0. The number of nitrogens with zero attached hydrogens (tertiary/aromatic N) is 1. The van der Waals surface area contributed by atoms with Crippen LogP contribution in [0.1, 0.15) is 13.8 Å². The number of esters is 1. The molecule has 0 aliphatic rings. The van der Waals surface area contributed by atoms with Gasteiger partial charge in [0.2, 0.25) is 0 Å². The van der Waals surface area contributed by atoms with Gasteiger partial charge in [-0.05, 0) is 6.92 Å². The van der Waals surface area contributed by atoms with Gasteiger partial charge < -0.3 is 21.6 Å². The van der Waals surface area contributed by atoms with E-state index in [4.69, 9.17) is 4.74 Å². The molecule has 0 rings (SSSR count). The van der Waals surface area contributed by atoms with E-state index >= 15 is 0 Å². The van der Waals surface area contributed by atoms with Crippen LogP contribution in [0.5, 0.6) is 0 Å². The summed E-state index contributed by atoms with van der Waals surface area (Å²) in [6, 6.07) is 0.346. The molecule has 12 heavy (non-hydrogen) atoms. The molecule has 0 amide bonds. The number of hydrogen-bond donors (Lipinski definition) is 0. The molecule has 0 aliphatic carbocycles. The van der Waals surface area contributed by atoms with Crippen LogP contribution in [0.4, 0.5) is 0 Å². The molecule has 74 valence electrons. The van der Waals surface area contributed by atoms with E-state index < -0.39 is 0 Å². The Labute approximate surface area is 80.7 Å². The molecular formula is C8H18ClNO2. The van der Waals surface area contributed by atoms with Gasteiger partial charge in [0.15, 0.2) is 0 Å². The highest BCUT2D eigenvalue weighted by Gasteiger charge is 2.18. The van der Waals surface area contributed by atoms with Crippen molar-refractivity contribution in [3.05, 3.63) is 0 Å². The topological polar surface area (TPSA) is 26.3 Å². The summed E-state index contributed by atoms with van der Waals surface area (Å²) in [5.41, 5.74) is 0. The van der Waals surface area contributed by atoms with Crippen molar-refractivity contribution >= 4 is 5.97 Å². The monoisotopic (exact) mass is 195 g/mol. The molecular weight excluding hydrogens is 178 g/mol. The number of likely N-dealkylation sites (N-methyl/N-ethyl adjacent to an activating group) is 1. The van der Waals surface area contributed by atoms with E-state index in [1.807, 2.05) is 0 Å². The summed E-state index contributed by atoms with van der Waals surface area (Å²) in [6.07, 6.45) is 0. The van der Waals surface area contributed by atoms with Crippen molar-refractivity contribution in [3.8, 4) is 0 Å². The molecule has 4 heteroatoms. The van der Waals surface area contributed by atoms with Gasteiger partial charge in [-0.25, -0.2) is 0 Å². The maximum Gasteiger partial charge on any atom is 0.302 e. The van der Waals surface area contributed by atoms with Crippen molar-refractivity contribution in [1.29, 1.82) is 0 Å². The number of rotatable bonds is 3. The molecule has 0 fully saturated rings. The number of hydrogen-bond acceptors (Lipinski definition) is 2. The molecule has 0 spiro atoms. The van der Waals surface area contributed by atoms with Crippen LogP contribution >= 0.6 is 0 Å². The number of carbonyl (C=O) groups excluding carboxylic acids is 1. The van der Waals surface area contributed by atoms with E-state index in [-0.39, 0.29) is 18.4 Å². The lowest BCUT2D eigenvalue weighted by Gasteiger charge is -2.30. The molecule has 1 unspecified atom stereocenters. The Hall–Kier alpha value is -0.280. The highest BCUT2D eigenvalue weighted by Crippen LogP contribution is 2.01. The average Bonchev–Trinajstić information content (AvgIpc) is 1.80. The van der Waals surface area contributed by atoms with E-state index in [1.165, 1.54) is 6.92 Å². The standard InChI is InChI=1S/C8H18NO2.ClH/c1-7(9(3,4)5)6-11-8(2)10;/h7H,6H2,1-5H3;1H/q+1;/p-1. The fourth-order valence-electron chi connectivity index (χ4n) is 0.462. The molecule has 0 radical (unpaired) electrons. The normalized spacial score (nSPS) is 13.1. The Morgan fingerprint density at radius 3 is 2.08 bits per heavy atom. The van der Waals surface area contributed by atoms with Gasteiger partial charge in [-0.1, -0.05) is 0 Å². The SMILES string of the molecule is CC(=O)OCC(C)[N+](C)(C)C.[Cl-]. The first kappa shape index (κ1) is 14.3. The van der Waals surface area contributed by atoms with Crippen molar-refractivity contribution < 1.29 is 26.4 Å². The zero-order chi connectivity index (χ0) is 9.07. The zero-order valence-electron chi connectivity index (χ0n) is 8.43. The second-order valence-corrected chi connectivity index (χ2v) is 3.77. The van der Waals surface area contributed by atoms with Crippen LogP contribution in [0.25, 0.3) is 0 Å². The molecule has 0 aromatic heterocycles. The molecule has 0 aliphatic heterocycles. The minimum absolute atomic E-state index is 0. The summed E-state index contributed by atoms with van der Waals surface area (Å²) in [6.45, 7) is 3.99. The van der Waals surface area contributed by atoms with Gasteiger partial charge in [0.05, 0.1) is 21.1 Å². The number of carbonyl (C=O) groups is 1. The van der Waals surface area contributed by atoms with Crippen LogP contribution in [0, 0.1) is 0 Å². The fraction of sp³-hybridized carbons (Fsp3) is 0.875. The Morgan fingerprint density at radius 2 is 1.83 bits per heavy atom. The molecule has 3 nitrogen and oxygen atoms in total. The first-order chi connectivity index (χ1) is 4.84. The fourth-order valence-corrected chi connectivity index (χ4v) is 0.462. The lowest BCUT2D eigenvalue weighted by Crippen LogP contribution is -3.00. The molecule has 0 saturated carbocycles. The molecule has 0 aromatic carbocycles. The van der Waals surface area contributed by atoms with Crippen LogP contribution < -0.4 is 12.4 Å². The van der Waals surface area contributed by atoms with Crippen LogP contribution in [0.2, 0.25) is 0 Å². The smallest absolute Gasteiger partial charge is 0.302 e. The van der Waals surface area contributed by atoms with E-state index in [1.54, 1.807) is 0 Å². The van der Waals surface area contributed by atoms with E-state index in [0.29, 0.717) is 12.6 Å². The van der Waals surface area contributed by atoms with E-state index in [2.05, 4.69) is 28.1 Å². The molecule has 1 atom stereocenters. The molecule has 0 aromatic rings. The van der Waals surface area contributed by atoms with Gasteiger partial charge in [-0.3, -0.25) is 4.79 Å². The Bertz CT molecular complexity index is 142. The average molecular weight is 196 g/mol. The lowest BCUT2D eigenvalue weighted by molar-refractivity contribution is -0.894. The predicted octanol–water partition coefficient (Wildman–Crippen LogP) is -2.35. The Kier molecular flexibility index (Phi) is 6.39. The van der Waals surface area contributed by atoms with Gasteiger partial charge >= 0.3 is 5.97 Å². The van der Waals surface area contributed by atoms with Crippen molar-refractivity contribution in [2.75, 3.05) is 27.7 Å². The van der Waals surface area contributed by atoms with Gasteiger partial charge in [-0.15, -0.1) is 0 Å². The van der Waals surface area contributed by atoms with Gasteiger partial charge in [0, 0.05) is 6.92 Å². The second kappa shape index (κ2) is 5.38. The second-order valence-electron chi connectivity index (χ2n) is 3.77. The van der Waals surface area contributed by atoms with Crippen LogP contribution in [-0.2, 0) is 9.53 Å². The first-order valence-electron chi connectivity index (χ1n) is 3.78. The Morgan fingerprint density at radius 1 is 1.42 bits per heavy atom. The summed E-state index contributed by atoms with van der Waals surface area (Å²) in [4.78, 5) is 10.4. The molecule has 0 saturated heterocycles. The first-order valence-corrected chi connectivity index (χ1v) is 3.78. The van der Waals surface area contributed by atoms with E-state index in [0.717, 1.165) is 4.48 Å². The van der Waals surface area contributed by atoms with E-state index in [9.17, 15) is 4.79 Å². The summed E-state index contributed by atoms with van der Waals surface area (Å²) in [5.74, 6) is -0.203. The maximum absolute atomic E-state index is 10.4. The highest BCUT2D eigenvalue weighted by atomic mass is 35.5. The maximum atomic E-state index is 10.4. The summed E-state index contributed by atoms with van der Waals surface area (Å²) < 4.78 is 5.69. The minimum atomic E-state index is -0.203. The number of ether oxygens (including phenoxy) is 1. The third kappa shape index (κ3) is 6.43. The lowest BCUT2D eigenvalue weighted by atomic mass is 10.3. The highest BCUT2D eigenvalue weighted by molar-refractivity contribution is 5.65. The Balaban J connectivity index is 0. The summed E-state index contributed by atoms with van der Waals surface area (Å²) >= 11 is 0. The van der Waals surface area contributed by atoms with Crippen molar-refractivity contribution in [2.24, 2.45) is 0 Å². The quantitative estimate of drug-likeness (QED) is 0.373. The van der Waals surface area contributed by atoms with Crippen LogP contribution in [0.3, 0.4) is 0 Å². The van der Waals surface area contributed by atoms with Gasteiger partial charge in [0.25, 0.3) is 0 Å². The van der Waals surface area contributed by atoms with Crippen molar-refractivity contribution in [3.63, 3.8) is 0 Å². The zero-order valence-corrected chi connectivity index (χ0v) is 9.18. The summed E-state index contributed by atoms with van der Waals surface area (Å²) in [7, 11) is 6.23. The number of halogens is 1. The van der Waals surface area contributed by atoms with Gasteiger partial charge in [-0.2, -0.15) is 0 Å².